The molecule has 0 heterocycles. The normalized spacial score (nSPS) is 13.5. The standard InChI is InChI=1S/C14H20BrNO/c1-9-5-10(7-11(15)6-9)8-12(16)13(17)14(2,3)4/h5-7,12H,8,16H2,1-4H3/t12-/m0/s1. The fourth-order valence-corrected chi connectivity index (χ4v) is 2.49. The van der Waals surface area contributed by atoms with Crippen LogP contribution in [0.4, 0.5) is 0 Å². The van der Waals surface area contributed by atoms with Crippen molar-refractivity contribution < 1.29 is 4.79 Å². The first-order valence-electron chi connectivity index (χ1n) is 5.76. The fraction of sp³-hybridized carbons (Fsp3) is 0.500. The molecule has 0 amide bonds. The Hall–Kier alpha value is -0.670. The predicted octanol–water partition coefficient (Wildman–Crippen LogP) is 3.24. The maximum atomic E-state index is 12.0. The van der Waals surface area contributed by atoms with Crippen LogP contribution in [0.25, 0.3) is 0 Å². The molecule has 2 nitrogen and oxygen atoms in total. The van der Waals surface area contributed by atoms with Gasteiger partial charge in [0.2, 0.25) is 0 Å². The van der Waals surface area contributed by atoms with Gasteiger partial charge in [-0.05, 0) is 36.6 Å². The highest BCUT2D eigenvalue weighted by Crippen LogP contribution is 2.20. The molecule has 1 atom stereocenters. The summed E-state index contributed by atoms with van der Waals surface area (Å²) in [4.78, 5) is 12.0. The average molecular weight is 298 g/mol. The molecule has 17 heavy (non-hydrogen) atoms. The molecule has 2 N–H and O–H groups in total. The third-order valence-electron chi connectivity index (χ3n) is 2.63. The Morgan fingerprint density at radius 1 is 1.35 bits per heavy atom. The molecule has 1 aromatic rings. The molecule has 1 aromatic carbocycles. The summed E-state index contributed by atoms with van der Waals surface area (Å²) in [7, 11) is 0. The molecule has 0 bridgehead atoms. The number of rotatable bonds is 3. The van der Waals surface area contributed by atoms with Crippen LogP contribution in [0.2, 0.25) is 0 Å². The Balaban J connectivity index is 2.81. The molecule has 0 radical (unpaired) electrons. The zero-order valence-corrected chi connectivity index (χ0v) is 12.5. The van der Waals surface area contributed by atoms with E-state index in [2.05, 4.69) is 22.0 Å². The van der Waals surface area contributed by atoms with Gasteiger partial charge in [0.05, 0.1) is 6.04 Å². The Kier molecular flexibility index (Phi) is 4.50. The molecule has 0 saturated heterocycles. The molecule has 1 rings (SSSR count). The minimum absolute atomic E-state index is 0.107. The quantitative estimate of drug-likeness (QED) is 0.931. The van der Waals surface area contributed by atoms with Crippen LogP contribution in [-0.4, -0.2) is 11.8 Å². The van der Waals surface area contributed by atoms with E-state index >= 15 is 0 Å². The van der Waals surface area contributed by atoms with Crippen molar-refractivity contribution in [3.05, 3.63) is 33.8 Å². The highest BCUT2D eigenvalue weighted by Gasteiger charge is 2.27. The monoisotopic (exact) mass is 297 g/mol. The minimum Gasteiger partial charge on any atom is -0.321 e. The lowest BCUT2D eigenvalue weighted by Gasteiger charge is -2.21. The van der Waals surface area contributed by atoms with Gasteiger partial charge in [0.15, 0.2) is 5.78 Å². The second-order valence-electron chi connectivity index (χ2n) is 5.56. The van der Waals surface area contributed by atoms with Gasteiger partial charge in [0.25, 0.3) is 0 Å². The Morgan fingerprint density at radius 3 is 2.41 bits per heavy atom. The van der Waals surface area contributed by atoms with E-state index in [0.717, 1.165) is 10.0 Å². The second-order valence-corrected chi connectivity index (χ2v) is 6.48. The van der Waals surface area contributed by atoms with Gasteiger partial charge in [-0.1, -0.05) is 42.8 Å². The minimum atomic E-state index is -0.427. The summed E-state index contributed by atoms with van der Waals surface area (Å²) in [6.07, 6.45) is 0.594. The highest BCUT2D eigenvalue weighted by atomic mass is 79.9. The van der Waals surface area contributed by atoms with E-state index in [1.54, 1.807) is 0 Å². The third kappa shape index (κ3) is 4.25. The molecule has 0 aliphatic rings. The summed E-state index contributed by atoms with van der Waals surface area (Å²) in [6.45, 7) is 7.75. The average Bonchev–Trinajstić information content (AvgIpc) is 2.13. The molecule has 0 aromatic heterocycles. The van der Waals surface area contributed by atoms with E-state index in [0.29, 0.717) is 6.42 Å². The molecule has 0 fully saturated rings. The Morgan fingerprint density at radius 2 is 1.94 bits per heavy atom. The summed E-state index contributed by atoms with van der Waals surface area (Å²) in [5.41, 5.74) is 7.87. The fourth-order valence-electron chi connectivity index (χ4n) is 1.83. The Bertz CT molecular complexity index is 400. The van der Waals surface area contributed by atoms with Crippen molar-refractivity contribution >= 4 is 21.7 Å². The topological polar surface area (TPSA) is 43.1 Å². The van der Waals surface area contributed by atoms with E-state index in [4.69, 9.17) is 5.73 Å². The van der Waals surface area contributed by atoms with Gasteiger partial charge in [0, 0.05) is 9.89 Å². The summed E-state index contributed by atoms with van der Waals surface area (Å²) in [5, 5.41) is 0. The van der Waals surface area contributed by atoms with Gasteiger partial charge in [-0.15, -0.1) is 0 Å². The van der Waals surface area contributed by atoms with Crippen molar-refractivity contribution in [3.63, 3.8) is 0 Å². The first-order valence-corrected chi connectivity index (χ1v) is 6.55. The van der Waals surface area contributed by atoms with Crippen molar-refractivity contribution in [3.8, 4) is 0 Å². The number of Topliss-reactive ketones (excluding diaryl/α,β-unsaturated/α-hetero) is 1. The van der Waals surface area contributed by atoms with Crippen LogP contribution in [0.3, 0.4) is 0 Å². The number of hydrogen-bond acceptors (Lipinski definition) is 2. The summed E-state index contributed by atoms with van der Waals surface area (Å²) < 4.78 is 1.03. The molecule has 3 heteroatoms. The van der Waals surface area contributed by atoms with Crippen molar-refractivity contribution in [1.29, 1.82) is 0 Å². The van der Waals surface area contributed by atoms with Gasteiger partial charge in [-0.2, -0.15) is 0 Å². The first-order chi connectivity index (χ1) is 7.70. The van der Waals surface area contributed by atoms with Gasteiger partial charge in [0.1, 0.15) is 0 Å². The van der Waals surface area contributed by atoms with Crippen molar-refractivity contribution in [2.24, 2.45) is 11.1 Å². The SMILES string of the molecule is Cc1cc(Br)cc(C[C@H](N)C(=O)C(C)(C)C)c1. The molecule has 94 valence electrons. The van der Waals surface area contributed by atoms with Gasteiger partial charge in [-0.25, -0.2) is 0 Å². The Labute approximate surface area is 112 Å². The van der Waals surface area contributed by atoms with Crippen LogP contribution in [0.15, 0.2) is 22.7 Å². The second kappa shape index (κ2) is 5.32. The van der Waals surface area contributed by atoms with E-state index in [9.17, 15) is 4.79 Å². The zero-order chi connectivity index (χ0) is 13.2. The lowest BCUT2D eigenvalue weighted by Crippen LogP contribution is -2.40. The van der Waals surface area contributed by atoms with Crippen LogP contribution < -0.4 is 5.73 Å². The molecule has 0 unspecified atom stereocenters. The van der Waals surface area contributed by atoms with Crippen molar-refractivity contribution in [2.75, 3.05) is 0 Å². The number of carbonyl (C=O) groups is 1. The number of benzene rings is 1. The maximum Gasteiger partial charge on any atom is 0.155 e. The molecule has 0 saturated carbocycles. The molecule has 0 aliphatic carbocycles. The number of aryl methyl sites for hydroxylation is 1. The molecular weight excluding hydrogens is 278 g/mol. The molecule has 0 spiro atoms. The summed E-state index contributed by atoms with van der Waals surface area (Å²) in [5.74, 6) is 0.107. The van der Waals surface area contributed by atoms with Crippen molar-refractivity contribution in [2.45, 2.75) is 40.2 Å². The van der Waals surface area contributed by atoms with E-state index in [-0.39, 0.29) is 11.2 Å². The van der Waals surface area contributed by atoms with E-state index in [1.165, 1.54) is 5.56 Å². The van der Waals surface area contributed by atoms with Crippen LogP contribution in [0.5, 0.6) is 0 Å². The van der Waals surface area contributed by atoms with Gasteiger partial charge >= 0.3 is 0 Å². The number of ketones is 1. The summed E-state index contributed by atoms with van der Waals surface area (Å²) in [6, 6.07) is 5.70. The zero-order valence-electron chi connectivity index (χ0n) is 10.9. The largest absolute Gasteiger partial charge is 0.321 e. The van der Waals surface area contributed by atoms with Crippen LogP contribution in [-0.2, 0) is 11.2 Å². The number of carbonyl (C=O) groups excluding carboxylic acids is 1. The lowest BCUT2D eigenvalue weighted by molar-refractivity contribution is -0.127. The highest BCUT2D eigenvalue weighted by molar-refractivity contribution is 9.10. The number of hydrogen-bond donors (Lipinski definition) is 1. The number of halogens is 1. The van der Waals surface area contributed by atoms with Crippen LogP contribution in [0.1, 0.15) is 31.9 Å². The first kappa shape index (κ1) is 14.4. The van der Waals surface area contributed by atoms with E-state index in [1.807, 2.05) is 39.8 Å². The smallest absolute Gasteiger partial charge is 0.155 e. The molecular formula is C14H20BrNO. The van der Waals surface area contributed by atoms with Gasteiger partial charge < -0.3 is 5.73 Å². The lowest BCUT2D eigenvalue weighted by atomic mass is 9.84. The third-order valence-corrected chi connectivity index (χ3v) is 3.09. The molecule has 0 aliphatic heterocycles. The van der Waals surface area contributed by atoms with Crippen molar-refractivity contribution in [1.82, 2.24) is 0 Å². The van der Waals surface area contributed by atoms with E-state index < -0.39 is 6.04 Å². The maximum absolute atomic E-state index is 12.0. The number of nitrogens with two attached hydrogens (primary N) is 1. The van der Waals surface area contributed by atoms with Gasteiger partial charge in [-0.3, -0.25) is 4.79 Å². The summed E-state index contributed by atoms with van der Waals surface area (Å²) >= 11 is 3.45. The predicted molar refractivity (Wildman–Crippen MR) is 75.0 cm³/mol. The van der Waals surface area contributed by atoms with Crippen LogP contribution >= 0.6 is 15.9 Å². The van der Waals surface area contributed by atoms with Crippen LogP contribution in [0, 0.1) is 12.3 Å².